The van der Waals surface area contributed by atoms with Crippen molar-refractivity contribution in [3.8, 4) is 11.1 Å². The highest BCUT2D eigenvalue weighted by atomic mass is 79.9. The van der Waals surface area contributed by atoms with Crippen molar-refractivity contribution in [3.05, 3.63) is 52.5 Å². The van der Waals surface area contributed by atoms with Crippen LogP contribution in [0.5, 0.6) is 0 Å². The van der Waals surface area contributed by atoms with Crippen molar-refractivity contribution in [2.24, 2.45) is 0 Å². The van der Waals surface area contributed by atoms with E-state index in [0.29, 0.717) is 10.0 Å². The van der Waals surface area contributed by atoms with E-state index >= 15 is 0 Å². The minimum atomic E-state index is -2.05. The lowest BCUT2D eigenvalue weighted by Gasteiger charge is -2.21. The van der Waals surface area contributed by atoms with Crippen LogP contribution in [0.4, 0.5) is 4.39 Å². The van der Waals surface area contributed by atoms with Crippen LogP contribution in [-0.2, 0) is 5.79 Å². The number of aromatic nitrogens is 1. The lowest BCUT2D eigenvalue weighted by Crippen LogP contribution is -2.21. The Hall–Kier alpha value is -1.30. The van der Waals surface area contributed by atoms with Crippen molar-refractivity contribution in [2.75, 3.05) is 0 Å². The first kappa shape index (κ1) is 13.1. The molecular weight excluding hydrogens is 301 g/mol. The molecule has 5 heteroatoms. The summed E-state index contributed by atoms with van der Waals surface area (Å²) in [5.41, 5.74) is 0.925. The van der Waals surface area contributed by atoms with E-state index in [1.54, 1.807) is 18.2 Å². The third kappa shape index (κ3) is 2.58. The summed E-state index contributed by atoms with van der Waals surface area (Å²) in [4.78, 5) is 3.67. The quantitative estimate of drug-likeness (QED) is 0.839. The molecule has 2 N–H and O–H groups in total. The van der Waals surface area contributed by atoms with Gasteiger partial charge in [0, 0.05) is 21.8 Å². The molecule has 2 rings (SSSR count). The van der Waals surface area contributed by atoms with Crippen LogP contribution < -0.4 is 0 Å². The highest BCUT2D eigenvalue weighted by molar-refractivity contribution is 9.10. The molecule has 0 aliphatic rings. The van der Waals surface area contributed by atoms with E-state index < -0.39 is 11.6 Å². The van der Waals surface area contributed by atoms with E-state index in [-0.39, 0.29) is 11.1 Å². The molecule has 0 radical (unpaired) electrons. The Kier molecular flexibility index (Phi) is 3.47. The van der Waals surface area contributed by atoms with Gasteiger partial charge in [-0.3, -0.25) is 4.98 Å². The van der Waals surface area contributed by atoms with Crippen molar-refractivity contribution in [3.63, 3.8) is 0 Å². The Morgan fingerprint density at radius 3 is 2.56 bits per heavy atom. The van der Waals surface area contributed by atoms with Gasteiger partial charge in [0.05, 0.1) is 6.20 Å². The summed E-state index contributed by atoms with van der Waals surface area (Å²) < 4.78 is 14.4. The van der Waals surface area contributed by atoms with Gasteiger partial charge in [0.1, 0.15) is 5.82 Å². The van der Waals surface area contributed by atoms with Crippen LogP contribution in [0.25, 0.3) is 11.1 Å². The fraction of sp³-hybridized carbons (Fsp3) is 0.154. The normalized spacial score (nSPS) is 11.6. The number of halogens is 2. The molecule has 0 aliphatic carbocycles. The Morgan fingerprint density at radius 1 is 1.22 bits per heavy atom. The van der Waals surface area contributed by atoms with Crippen molar-refractivity contribution in [1.29, 1.82) is 0 Å². The zero-order valence-corrected chi connectivity index (χ0v) is 11.1. The van der Waals surface area contributed by atoms with Gasteiger partial charge in [-0.15, -0.1) is 0 Å². The molecule has 1 heterocycles. The smallest absolute Gasteiger partial charge is 0.187 e. The summed E-state index contributed by atoms with van der Waals surface area (Å²) in [6.45, 7) is 1.23. The van der Waals surface area contributed by atoms with Gasteiger partial charge in [-0.25, -0.2) is 4.39 Å². The lowest BCUT2D eigenvalue weighted by molar-refractivity contribution is -0.152. The van der Waals surface area contributed by atoms with Crippen LogP contribution in [-0.4, -0.2) is 15.2 Å². The number of pyridine rings is 1. The number of benzene rings is 1. The van der Waals surface area contributed by atoms with Gasteiger partial charge in [-0.1, -0.05) is 22.0 Å². The molecule has 94 valence electrons. The van der Waals surface area contributed by atoms with Crippen molar-refractivity contribution >= 4 is 15.9 Å². The summed E-state index contributed by atoms with van der Waals surface area (Å²) in [5.74, 6) is -2.56. The lowest BCUT2D eigenvalue weighted by atomic mass is 9.95. The molecule has 1 aromatic heterocycles. The fourth-order valence-electron chi connectivity index (χ4n) is 1.74. The minimum Gasteiger partial charge on any atom is -0.362 e. The van der Waals surface area contributed by atoms with Gasteiger partial charge in [0.15, 0.2) is 5.79 Å². The SMILES string of the molecule is CC(O)(O)c1cc(Br)ccc1-c1ccncc1F. The largest absolute Gasteiger partial charge is 0.362 e. The summed E-state index contributed by atoms with van der Waals surface area (Å²) in [7, 11) is 0. The predicted molar refractivity (Wildman–Crippen MR) is 69.1 cm³/mol. The molecule has 0 saturated heterocycles. The van der Waals surface area contributed by atoms with Crippen molar-refractivity contribution < 1.29 is 14.6 Å². The van der Waals surface area contributed by atoms with Gasteiger partial charge in [-0.2, -0.15) is 0 Å². The Bertz CT molecular complexity index is 581. The first-order valence-electron chi connectivity index (χ1n) is 5.24. The number of hydrogen-bond donors (Lipinski definition) is 2. The van der Waals surface area contributed by atoms with E-state index in [0.717, 1.165) is 6.20 Å². The molecule has 0 amide bonds. The van der Waals surface area contributed by atoms with Gasteiger partial charge in [0.25, 0.3) is 0 Å². The van der Waals surface area contributed by atoms with Crippen LogP contribution in [0.2, 0.25) is 0 Å². The Balaban J connectivity index is 2.69. The zero-order valence-electron chi connectivity index (χ0n) is 9.56. The maximum atomic E-state index is 13.7. The average Bonchev–Trinajstić information content (AvgIpc) is 2.29. The average molecular weight is 312 g/mol. The van der Waals surface area contributed by atoms with E-state index in [9.17, 15) is 14.6 Å². The second-order valence-corrected chi connectivity index (χ2v) is 4.98. The molecule has 18 heavy (non-hydrogen) atoms. The van der Waals surface area contributed by atoms with Crippen molar-refractivity contribution in [2.45, 2.75) is 12.7 Å². The van der Waals surface area contributed by atoms with Crippen LogP contribution in [0, 0.1) is 5.82 Å². The maximum absolute atomic E-state index is 13.7. The topological polar surface area (TPSA) is 53.4 Å². The summed E-state index contributed by atoms with van der Waals surface area (Å²) in [6.07, 6.45) is 2.55. The van der Waals surface area contributed by atoms with E-state index in [4.69, 9.17) is 0 Å². The zero-order chi connectivity index (χ0) is 13.3. The number of aliphatic hydroxyl groups is 2. The minimum absolute atomic E-state index is 0.224. The summed E-state index contributed by atoms with van der Waals surface area (Å²) in [6, 6.07) is 6.38. The van der Waals surface area contributed by atoms with Crippen LogP contribution in [0.1, 0.15) is 12.5 Å². The van der Waals surface area contributed by atoms with E-state index in [1.807, 2.05) is 0 Å². The third-order valence-electron chi connectivity index (χ3n) is 2.55. The molecule has 0 spiro atoms. The van der Waals surface area contributed by atoms with Crippen LogP contribution >= 0.6 is 15.9 Å². The Morgan fingerprint density at radius 2 is 1.94 bits per heavy atom. The maximum Gasteiger partial charge on any atom is 0.187 e. The molecule has 0 atom stereocenters. The Labute approximate surface area is 112 Å². The highest BCUT2D eigenvalue weighted by Crippen LogP contribution is 2.33. The fourth-order valence-corrected chi connectivity index (χ4v) is 2.10. The van der Waals surface area contributed by atoms with Crippen LogP contribution in [0.15, 0.2) is 41.1 Å². The molecule has 1 aromatic carbocycles. The molecule has 0 fully saturated rings. The van der Waals surface area contributed by atoms with E-state index in [1.165, 1.54) is 19.2 Å². The monoisotopic (exact) mass is 311 g/mol. The van der Waals surface area contributed by atoms with E-state index in [2.05, 4.69) is 20.9 Å². The standard InChI is InChI=1S/C13H11BrFNO2/c1-13(17,18)11-6-8(14)2-3-9(11)10-4-5-16-7-12(10)15/h2-7,17-18H,1H3. The molecule has 0 saturated carbocycles. The summed E-state index contributed by atoms with van der Waals surface area (Å²) >= 11 is 3.25. The van der Waals surface area contributed by atoms with Gasteiger partial charge in [-0.05, 0) is 30.7 Å². The second-order valence-electron chi connectivity index (χ2n) is 4.07. The molecule has 3 nitrogen and oxygen atoms in total. The number of hydrogen-bond acceptors (Lipinski definition) is 3. The van der Waals surface area contributed by atoms with Gasteiger partial charge >= 0.3 is 0 Å². The van der Waals surface area contributed by atoms with Crippen LogP contribution in [0.3, 0.4) is 0 Å². The van der Waals surface area contributed by atoms with Gasteiger partial charge in [0.2, 0.25) is 0 Å². The highest BCUT2D eigenvalue weighted by Gasteiger charge is 2.24. The molecule has 2 aromatic rings. The molecule has 0 bridgehead atoms. The first-order valence-corrected chi connectivity index (χ1v) is 6.03. The molecule has 0 aliphatic heterocycles. The molecular formula is C13H11BrFNO2. The second kappa shape index (κ2) is 4.76. The van der Waals surface area contributed by atoms with Crippen molar-refractivity contribution in [1.82, 2.24) is 4.98 Å². The number of nitrogens with zero attached hydrogens (tertiary/aromatic N) is 1. The number of rotatable bonds is 2. The third-order valence-corrected chi connectivity index (χ3v) is 3.05. The summed E-state index contributed by atoms with van der Waals surface area (Å²) in [5, 5.41) is 19.5. The predicted octanol–water partition coefficient (Wildman–Crippen LogP) is 2.81. The molecule has 0 unspecified atom stereocenters. The van der Waals surface area contributed by atoms with Gasteiger partial charge < -0.3 is 10.2 Å². The first-order chi connectivity index (χ1) is 8.39.